The molecule has 1 aliphatic carbocycles. The Morgan fingerprint density at radius 2 is 1.58 bits per heavy atom. The van der Waals surface area contributed by atoms with E-state index in [1.54, 1.807) is 0 Å². The fourth-order valence-corrected chi connectivity index (χ4v) is 6.45. The van der Waals surface area contributed by atoms with E-state index in [2.05, 4.69) is 86.3 Å². The average Bonchev–Trinajstić information content (AvgIpc) is 3.38. The number of aryl methyl sites for hydroxylation is 3. The van der Waals surface area contributed by atoms with Gasteiger partial charge >= 0.3 is 0 Å². The standard InChI is InChI=1S/C31H28NO/c1-18-23-10-6-7-11-24(23)19(2)31-28(18)30-29-26(14-15-32(30)3)25-13-12-21(20-8-4-5-9-20)16-22(25)17-27(29)33-31/h6-7,10-17,20H,4-5,8-9H2,1-3H3/q+1. The highest BCUT2D eigenvalue weighted by molar-refractivity contribution is 6.16. The zero-order chi connectivity index (χ0) is 22.3. The van der Waals surface area contributed by atoms with Crippen LogP contribution in [0, 0.1) is 13.8 Å². The van der Waals surface area contributed by atoms with Gasteiger partial charge in [0.15, 0.2) is 6.20 Å². The highest BCUT2D eigenvalue weighted by atomic mass is 16.5. The fraction of sp³-hybridized carbons (Fsp3) is 0.258. The van der Waals surface area contributed by atoms with Crippen LogP contribution in [0.3, 0.4) is 0 Å². The molecule has 4 aromatic carbocycles. The number of hydrogen-bond acceptors (Lipinski definition) is 1. The summed E-state index contributed by atoms with van der Waals surface area (Å²) in [6, 6.07) is 20.4. The minimum Gasteiger partial charge on any atom is -0.455 e. The summed E-state index contributed by atoms with van der Waals surface area (Å²) in [4.78, 5) is 0. The molecule has 1 saturated carbocycles. The maximum atomic E-state index is 6.78. The van der Waals surface area contributed by atoms with Gasteiger partial charge in [0.05, 0.1) is 10.9 Å². The van der Waals surface area contributed by atoms with Crippen molar-refractivity contribution in [1.82, 2.24) is 0 Å². The third kappa shape index (κ3) is 2.58. The predicted molar refractivity (Wildman–Crippen MR) is 136 cm³/mol. The van der Waals surface area contributed by atoms with E-state index in [4.69, 9.17) is 4.74 Å². The molecule has 0 spiro atoms. The molecule has 1 aliphatic heterocycles. The molecule has 0 unspecified atom stereocenters. The van der Waals surface area contributed by atoms with Crippen molar-refractivity contribution in [2.24, 2.45) is 7.05 Å². The lowest BCUT2D eigenvalue weighted by Gasteiger charge is -2.25. The van der Waals surface area contributed by atoms with Gasteiger partial charge in [0.2, 0.25) is 5.69 Å². The van der Waals surface area contributed by atoms with Crippen molar-refractivity contribution in [3.8, 4) is 22.8 Å². The summed E-state index contributed by atoms with van der Waals surface area (Å²) >= 11 is 0. The largest absolute Gasteiger partial charge is 0.455 e. The number of nitrogens with zero attached hydrogens (tertiary/aromatic N) is 1. The number of hydrogen-bond donors (Lipinski definition) is 0. The van der Waals surface area contributed by atoms with Gasteiger partial charge in [0.25, 0.3) is 0 Å². The second-order valence-corrected chi connectivity index (χ2v) is 10.0. The molecule has 0 amide bonds. The summed E-state index contributed by atoms with van der Waals surface area (Å²) in [5.74, 6) is 2.70. The van der Waals surface area contributed by atoms with Crippen LogP contribution in [0.2, 0.25) is 0 Å². The van der Waals surface area contributed by atoms with E-state index in [1.165, 1.54) is 85.9 Å². The Bertz CT molecular complexity index is 1620. The van der Waals surface area contributed by atoms with Crippen LogP contribution in [0.25, 0.3) is 43.6 Å². The fourth-order valence-electron chi connectivity index (χ4n) is 6.45. The summed E-state index contributed by atoms with van der Waals surface area (Å²) in [5.41, 5.74) is 6.48. The highest BCUT2D eigenvalue weighted by Crippen LogP contribution is 2.51. The van der Waals surface area contributed by atoms with Gasteiger partial charge in [-0.25, -0.2) is 4.57 Å². The molecule has 2 heteroatoms. The first-order valence-corrected chi connectivity index (χ1v) is 12.2. The average molecular weight is 431 g/mol. The van der Waals surface area contributed by atoms with Gasteiger partial charge in [0.1, 0.15) is 18.5 Å². The number of aromatic nitrogens is 1. The summed E-state index contributed by atoms with van der Waals surface area (Å²) in [5, 5.41) is 7.70. The third-order valence-corrected chi connectivity index (χ3v) is 8.18. The number of pyridine rings is 1. The number of benzene rings is 4. The van der Waals surface area contributed by atoms with E-state index in [-0.39, 0.29) is 0 Å². The Labute approximate surface area is 194 Å². The Morgan fingerprint density at radius 3 is 2.36 bits per heavy atom. The van der Waals surface area contributed by atoms with Crippen molar-refractivity contribution < 1.29 is 9.30 Å². The van der Waals surface area contributed by atoms with Crippen LogP contribution < -0.4 is 9.30 Å². The van der Waals surface area contributed by atoms with Gasteiger partial charge in [-0.15, -0.1) is 0 Å². The minimum absolute atomic E-state index is 0.712. The highest BCUT2D eigenvalue weighted by Gasteiger charge is 2.32. The topological polar surface area (TPSA) is 13.1 Å². The molecule has 2 nitrogen and oxygen atoms in total. The Balaban J connectivity index is 1.58. The molecule has 1 aromatic heterocycles. The molecule has 1 fully saturated rings. The first-order chi connectivity index (χ1) is 16.1. The molecule has 5 aromatic rings. The van der Waals surface area contributed by atoms with Crippen molar-refractivity contribution in [1.29, 1.82) is 0 Å². The van der Waals surface area contributed by atoms with Crippen molar-refractivity contribution in [3.05, 3.63) is 77.5 Å². The molecule has 2 aliphatic rings. The van der Waals surface area contributed by atoms with Gasteiger partial charge in [-0.2, -0.15) is 0 Å². The lowest BCUT2D eigenvalue weighted by molar-refractivity contribution is -0.659. The molecule has 0 radical (unpaired) electrons. The van der Waals surface area contributed by atoms with Crippen LogP contribution in [-0.2, 0) is 7.05 Å². The Morgan fingerprint density at radius 1 is 0.818 bits per heavy atom. The van der Waals surface area contributed by atoms with Gasteiger partial charge in [-0.3, -0.25) is 0 Å². The molecule has 0 atom stereocenters. The molecule has 33 heavy (non-hydrogen) atoms. The molecular formula is C31H28NO+. The second kappa shape index (κ2) is 6.81. The van der Waals surface area contributed by atoms with Crippen molar-refractivity contribution >= 4 is 32.3 Å². The summed E-state index contributed by atoms with van der Waals surface area (Å²) < 4.78 is 9.06. The van der Waals surface area contributed by atoms with Gasteiger partial charge in [-0.1, -0.05) is 55.3 Å². The number of fused-ring (bicyclic) bond motifs is 5. The number of rotatable bonds is 1. The first kappa shape index (κ1) is 19.1. The minimum atomic E-state index is 0.712. The maximum absolute atomic E-state index is 6.78. The van der Waals surface area contributed by atoms with E-state index in [0.717, 1.165) is 11.5 Å². The third-order valence-electron chi connectivity index (χ3n) is 8.18. The van der Waals surface area contributed by atoms with Gasteiger partial charge in [-0.05, 0) is 71.3 Å². The lowest BCUT2D eigenvalue weighted by atomic mass is 9.87. The van der Waals surface area contributed by atoms with E-state index >= 15 is 0 Å². The quantitative estimate of drug-likeness (QED) is 0.190. The molecule has 162 valence electrons. The van der Waals surface area contributed by atoms with Crippen molar-refractivity contribution in [2.75, 3.05) is 0 Å². The molecule has 7 rings (SSSR count). The molecular weight excluding hydrogens is 402 g/mol. The lowest BCUT2D eigenvalue weighted by Crippen LogP contribution is -2.32. The second-order valence-electron chi connectivity index (χ2n) is 10.0. The summed E-state index contributed by atoms with van der Waals surface area (Å²) in [7, 11) is 2.16. The number of ether oxygens (including phenoxy) is 1. The molecule has 0 saturated heterocycles. The molecule has 2 heterocycles. The molecule has 0 N–H and O–H groups in total. The summed E-state index contributed by atoms with van der Waals surface area (Å²) in [6.45, 7) is 4.44. The SMILES string of the molecule is Cc1c2c(c(C)c3ccccc13)-c1c3c(cc4cc(C5CCCC5)ccc4c3cc[n+]1C)O2. The van der Waals surface area contributed by atoms with E-state index in [0.29, 0.717) is 5.92 Å². The van der Waals surface area contributed by atoms with Crippen LogP contribution >= 0.6 is 0 Å². The zero-order valence-electron chi connectivity index (χ0n) is 19.5. The zero-order valence-corrected chi connectivity index (χ0v) is 19.5. The van der Waals surface area contributed by atoms with Crippen molar-refractivity contribution in [2.45, 2.75) is 45.4 Å². The first-order valence-electron chi connectivity index (χ1n) is 12.2. The van der Waals surface area contributed by atoms with Crippen molar-refractivity contribution in [3.63, 3.8) is 0 Å². The Kier molecular flexibility index (Phi) is 3.94. The maximum Gasteiger partial charge on any atom is 0.228 e. The van der Waals surface area contributed by atoms with E-state index < -0.39 is 0 Å². The monoisotopic (exact) mass is 430 g/mol. The van der Waals surface area contributed by atoms with Gasteiger partial charge < -0.3 is 4.74 Å². The predicted octanol–water partition coefficient (Wildman–Crippen LogP) is 8.02. The van der Waals surface area contributed by atoms with Crippen LogP contribution in [0.15, 0.2) is 60.8 Å². The Hall–Kier alpha value is -3.39. The van der Waals surface area contributed by atoms with Crippen LogP contribution in [-0.4, -0.2) is 0 Å². The van der Waals surface area contributed by atoms with Crippen LogP contribution in [0.5, 0.6) is 11.5 Å². The normalized spacial score (nSPS) is 15.4. The van der Waals surface area contributed by atoms with Crippen LogP contribution in [0.4, 0.5) is 0 Å². The summed E-state index contributed by atoms with van der Waals surface area (Å²) in [6.07, 6.45) is 7.57. The van der Waals surface area contributed by atoms with Gasteiger partial charge in [0, 0.05) is 17.0 Å². The van der Waals surface area contributed by atoms with E-state index in [9.17, 15) is 0 Å². The molecule has 0 bridgehead atoms. The van der Waals surface area contributed by atoms with Crippen LogP contribution in [0.1, 0.15) is 48.3 Å². The van der Waals surface area contributed by atoms with E-state index in [1.807, 2.05) is 0 Å². The smallest absolute Gasteiger partial charge is 0.228 e.